The number of hydrogen-bond donors (Lipinski definition) is 6. The molecule has 2 heterocycles. The first-order valence-corrected chi connectivity index (χ1v) is 7.89. The van der Waals surface area contributed by atoms with Crippen LogP contribution in [0.4, 0.5) is 11.8 Å². The van der Waals surface area contributed by atoms with Gasteiger partial charge in [0, 0.05) is 24.7 Å². The maximum absolute atomic E-state index is 10.1. The topological polar surface area (TPSA) is 167 Å². The summed E-state index contributed by atoms with van der Waals surface area (Å²) in [5, 5.41) is 36.6. The smallest absolute Gasteiger partial charge is 0.226 e. The van der Waals surface area contributed by atoms with Gasteiger partial charge in [0.1, 0.15) is 0 Å². The lowest BCUT2D eigenvalue weighted by atomic mass is 10.1. The lowest BCUT2D eigenvalue weighted by Gasteiger charge is -2.12. The van der Waals surface area contributed by atoms with Gasteiger partial charge in [-0.3, -0.25) is 0 Å². The van der Waals surface area contributed by atoms with Crippen LogP contribution in [0.15, 0.2) is 12.1 Å². The Morgan fingerprint density at radius 3 is 2.73 bits per heavy atom. The molecular weight excluding hydrogens is 340 g/mol. The number of methoxy groups -OCH3 is 1. The maximum Gasteiger partial charge on any atom is 0.226 e. The number of phenols is 2. The van der Waals surface area contributed by atoms with Crippen molar-refractivity contribution in [1.82, 2.24) is 25.4 Å². The molecular formula is C15H20N8O3. The van der Waals surface area contributed by atoms with E-state index in [1.54, 1.807) is 12.1 Å². The first kappa shape index (κ1) is 17.5. The zero-order valence-corrected chi connectivity index (χ0v) is 14.3. The van der Waals surface area contributed by atoms with Gasteiger partial charge in [0.2, 0.25) is 17.3 Å². The van der Waals surface area contributed by atoms with Crippen LogP contribution in [0.1, 0.15) is 12.5 Å². The number of anilines is 2. The summed E-state index contributed by atoms with van der Waals surface area (Å²) in [4.78, 5) is 8.61. The van der Waals surface area contributed by atoms with E-state index in [1.807, 2.05) is 6.92 Å². The number of ether oxygens (including phenoxy) is 1. The van der Waals surface area contributed by atoms with E-state index < -0.39 is 0 Å². The molecule has 0 radical (unpaired) electrons. The summed E-state index contributed by atoms with van der Waals surface area (Å²) in [6, 6.07) is 3.13. The van der Waals surface area contributed by atoms with Gasteiger partial charge in [-0.05, 0) is 19.1 Å². The molecule has 0 bridgehead atoms. The quantitative estimate of drug-likeness (QED) is 0.327. The fourth-order valence-corrected chi connectivity index (χ4v) is 2.29. The number of nitrogens with one attached hydrogen (secondary N) is 3. The number of nitrogens with two attached hydrogens (primary N) is 1. The Morgan fingerprint density at radius 1 is 1.19 bits per heavy atom. The highest BCUT2D eigenvalue weighted by Gasteiger charge is 2.15. The van der Waals surface area contributed by atoms with Gasteiger partial charge in [0.25, 0.3) is 0 Å². The highest BCUT2D eigenvalue weighted by atomic mass is 16.5. The van der Waals surface area contributed by atoms with Gasteiger partial charge in [-0.2, -0.15) is 20.3 Å². The Morgan fingerprint density at radius 2 is 2.00 bits per heavy atom. The van der Waals surface area contributed by atoms with Crippen molar-refractivity contribution in [2.24, 2.45) is 5.73 Å². The van der Waals surface area contributed by atoms with Crippen molar-refractivity contribution < 1.29 is 14.9 Å². The highest BCUT2D eigenvalue weighted by Crippen LogP contribution is 2.38. The van der Waals surface area contributed by atoms with E-state index in [-0.39, 0.29) is 29.8 Å². The molecule has 0 fully saturated rings. The first-order chi connectivity index (χ1) is 12.5. The van der Waals surface area contributed by atoms with E-state index in [0.29, 0.717) is 35.0 Å². The zero-order chi connectivity index (χ0) is 18.7. The molecule has 26 heavy (non-hydrogen) atoms. The summed E-state index contributed by atoms with van der Waals surface area (Å²) >= 11 is 0. The SMILES string of the molecule is COc1ccc(CNc2nc(NCC(C)N)nc3n[nH]nc23)c(O)c1O. The van der Waals surface area contributed by atoms with Gasteiger partial charge in [-0.15, -0.1) is 5.10 Å². The van der Waals surface area contributed by atoms with Crippen LogP contribution in [0, 0.1) is 0 Å². The summed E-state index contributed by atoms with van der Waals surface area (Å²) in [5.74, 6) is 0.381. The number of hydrogen-bond acceptors (Lipinski definition) is 10. The number of rotatable bonds is 7. The second kappa shape index (κ2) is 7.27. The summed E-state index contributed by atoms with van der Waals surface area (Å²) in [7, 11) is 1.41. The largest absolute Gasteiger partial charge is 0.504 e. The summed E-state index contributed by atoms with van der Waals surface area (Å²) in [6.07, 6.45) is 0. The third kappa shape index (κ3) is 3.52. The molecule has 1 unspecified atom stereocenters. The number of aromatic hydroxyl groups is 2. The van der Waals surface area contributed by atoms with Crippen LogP contribution in [-0.2, 0) is 6.54 Å². The Kier molecular flexibility index (Phi) is 4.89. The van der Waals surface area contributed by atoms with Crippen LogP contribution in [0.5, 0.6) is 17.2 Å². The summed E-state index contributed by atoms with van der Waals surface area (Å²) in [6.45, 7) is 2.55. The maximum atomic E-state index is 10.1. The molecule has 0 saturated heterocycles. The van der Waals surface area contributed by atoms with Gasteiger partial charge >= 0.3 is 0 Å². The molecule has 1 aromatic carbocycles. The van der Waals surface area contributed by atoms with Gasteiger partial charge in [-0.25, -0.2) is 0 Å². The molecule has 11 heteroatoms. The van der Waals surface area contributed by atoms with Gasteiger partial charge in [0.15, 0.2) is 22.8 Å². The Balaban J connectivity index is 1.84. The third-order valence-corrected chi connectivity index (χ3v) is 3.63. The van der Waals surface area contributed by atoms with E-state index >= 15 is 0 Å². The molecule has 2 aromatic heterocycles. The second-order valence-electron chi connectivity index (χ2n) is 5.73. The molecule has 0 aliphatic carbocycles. The second-order valence-corrected chi connectivity index (χ2v) is 5.73. The molecule has 3 rings (SSSR count). The van der Waals surface area contributed by atoms with Crippen molar-refractivity contribution in [3.8, 4) is 17.2 Å². The Bertz CT molecular complexity index is 911. The predicted molar refractivity (Wildman–Crippen MR) is 95.3 cm³/mol. The van der Waals surface area contributed by atoms with Gasteiger partial charge < -0.3 is 31.3 Å². The number of benzene rings is 1. The molecule has 0 saturated carbocycles. The number of nitrogens with zero attached hydrogens (tertiary/aromatic N) is 4. The normalized spacial score (nSPS) is 12.1. The van der Waals surface area contributed by atoms with E-state index in [9.17, 15) is 10.2 Å². The van der Waals surface area contributed by atoms with E-state index in [2.05, 4.69) is 36.0 Å². The lowest BCUT2D eigenvalue weighted by Crippen LogP contribution is -2.26. The number of fused-ring (bicyclic) bond motifs is 1. The first-order valence-electron chi connectivity index (χ1n) is 7.89. The number of H-pyrrole nitrogens is 1. The van der Waals surface area contributed by atoms with E-state index in [4.69, 9.17) is 10.5 Å². The van der Waals surface area contributed by atoms with E-state index in [0.717, 1.165) is 0 Å². The Hall–Kier alpha value is -3.34. The minimum atomic E-state index is -0.319. The standard InChI is InChI=1S/C15H20N8O3/c1-7(16)5-18-15-19-13(10-14(20-15)22-23-21-10)17-6-8-3-4-9(26-2)12(25)11(8)24/h3-4,7,24-25H,5-6,16H2,1-2H3,(H3,17,18,19,20,21,22,23). The molecule has 0 aliphatic rings. The van der Waals surface area contributed by atoms with Crippen LogP contribution in [-0.4, -0.2) is 55.3 Å². The third-order valence-electron chi connectivity index (χ3n) is 3.63. The molecule has 7 N–H and O–H groups in total. The molecule has 3 aromatic rings. The fourth-order valence-electron chi connectivity index (χ4n) is 2.29. The number of aromatic amines is 1. The zero-order valence-electron chi connectivity index (χ0n) is 14.3. The van der Waals surface area contributed by atoms with Crippen molar-refractivity contribution in [2.75, 3.05) is 24.3 Å². The van der Waals surface area contributed by atoms with Crippen molar-refractivity contribution >= 4 is 22.9 Å². The number of aromatic nitrogens is 5. The number of phenolic OH excluding ortho intramolecular Hbond substituents is 2. The van der Waals surface area contributed by atoms with Crippen LogP contribution in [0.25, 0.3) is 11.2 Å². The van der Waals surface area contributed by atoms with Gasteiger partial charge in [-0.1, -0.05) is 0 Å². The van der Waals surface area contributed by atoms with Crippen LogP contribution < -0.4 is 21.1 Å². The average Bonchev–Trinajstić information content (AvgIpc) is 3.09. The molecule has 1 atom stereocenters. The van der Waals surface area contributed by atoms with Gasteiger partial charge in [0.05, 0.1) is 7.11 Å². The van der Waals surface area contributed by atoms with Crippen LogP contribution in [0.3, 0.4) is 0 Å². The van der Waals surface area contributed by atoms with Crippen molar-refractivity contribution in [3.05, 3.63) is 17.7 Å². The molecule has 0 aliphatic heterocycles. The fraction of sp³-hybridized carbons (Fsp3) is 0.333. The monoisotopic (exact) mass is 360 g/mol. The van der Waals surface area contributed by atoms with Crippen molar-refractivity contribution in [3.63, 3.8) is 0 Å². The minimum absolute atomic E-state index is 0.0674. The minimum Gasteiger partial charge on any atom is -0.504 e. The average molecular weight is 360 g/mol. The molecule has 11 nitrogen and oxygen atoms in total. The highest BCUT2D eigenvalue weighted by molar-refractivity contribution is 5.83. The van der Waals surface area contributed by atoms with Crippen LogP contribution >= 0.6 is 0 Å². The van der Waals surface area contributed by atoms with E-state index in [1.165, 1.54) is 7.11 Å². The molecule has 138 valence electrons. The predicted octanol–water partition coefficient (Wildman–Crippen LogP) is 0.539. The lowest BCUT2D eigenvalue weighted by molar-refractivity contribution is 0.349. The molecule has 0 spiro atoms. The van der Waals surface area contributed by atoms with Crippen LogP contribution in [0.2, 0.25) is 0 Å². The van der Waals surface area contributed by atoms with Crippen molar-refractivity contribution in [1.29, 1.82) is 0 Å². The van der Waals surface area contributed by atoms with Crippen molar-refractivity contribution in [2.45, 2.75) is 19.5 Å². The molecule has 0 amide bonds. The summed E-state index contributed by atoms with van der Waals surface area (Å²) in [5.41, 5.74) is 7.03. The summed E-state index contributed by atoms with van der Waals surface area (Å²) < 4.78 is 4.96. The Labute approximate surface area is 148 Å².